The second-order valence-corrected chi connectivity index (χ2v) is 5.02. The summed E-state index contributed by atoms with van der Waals surface area (Å²) in [6.07, 6.45) is 0. The Morgan fingerprint density at radius 2 is 1.61 bits per heavy atom. The first-order valence-electron chi connectivity index (χ1n) is 5.86. The van der Waals surface area contributed by atoms with Crippen molar-refractivity contribution in [1.82, 2.24) is 0 Å². The number of phenolic OH excluding ortho intramolecular Hbond substituents is 1. The van der Waals surface area contributed by atoms with Crippen LogP contribution < -0.4 is 11.5 Å². The van der Waals surface area contributed by atoms with Crippen molar-refractivity contribution in [3.8, 4) is 5.75 Å². The van der Waals surface area contributed by atoms with Crippen molar-refractivity contribution in [2.24, 2.45) is 0 Å². The topological polar surface area (TPSA) is 72.3 Å². The number of rotatable bonds is 2. The molecule has 0 aliphatic rings. The summed E-state index contributed by atoms with van der Waals surface area (Å²) < 4.78 is 0. The molecule has 5 N–H and O–H groups in total. The SMILES string of the molecule is CC(C)(c1cccc(N)c1)c1ccc(O)c(N)c1. The van der Waals surface area contributed by atoms with Crippen LogP contribution in [0, 0.1) is 0 Å². The molecule has 0 saturated carbocycles. The Hall–Kier alpha value is -2.16. The van der Waals surface area contributed by atoms with Crippen LogP contribution in [0.3, 0.4) is 0 Å². The molecule has 0 atom stereocenters. The molecule has 0 spiro atoms. The van der Waals surface area contributed by atoms with Crippen LogP contribution in [0.15, 0.2) is 42.5 Å². The van der Waals surface area contributed by atoms with E-state index in [0.29, 0.717) is 5.69 Å². The zero-order valence-electron chi connectivity index (χ0n) is 10.6. The maximum atomic E-state index is 9.48. The molecule has 2 aromatic carbocycles. The fourth-order valence-corrected chi connectivity index (χ4v) is 2.04. The predicted octanol–water partition coefficient (Wildman–Crippen LogP) is 2.88. The highest BCUT2D eigenvalue weighted by atomic mass is 16.3. The molecule has 3 nitrogen and oxygen atoms in total. The maximum Gasteiger partial charge on any atom is 0.138 e. The van der Waals surface area contributed by atoms with Crippen LogP contribution >= 0.6 is 0 Å². The number of nitrogens with two attached hydrogens (primary N) is 2. The zero-order chi connectivity index (χ0) is 13.3. The third-order valence-electron chi connectivity index (χ3n) is 3.36. The minimum absolute atomic E-state index is 0.113. The molecule has 2 aromatic rings. The summed E-state index contributed by atoms with van der Waals surface area (Å²) in [6.45, 7) is 4.21. The minimum Gasteiger partial charge on any atom is -0.506 e. The van der Waals surface area contributed by atoms with E-state index in [9.17, 15) is 5.11 Å². The lowest BCUT2D eigenvalue weighted by Gasteiger charge is -2.26. The largest absolute Gasteiger partial charge is 0.506 e. The van der Waals surface area contributed by atoms with E-state index in [4.69, 9.17) is 11.5 Å². The van der Waals surface area contributed by atoms with Crippen LogP contribution in [-0.4, -0.2) is 5.11 Å². The van der Waals surface area contributed by atoms with Crippen molar-refractivity contribution in [3.05, 3.63) is 53.6 Å². The Morgan fingerprint density at radius 1 is 0.944 bits per heavy atom. The Labute approximate surface area is 107 Å². The third kappa shape index (κ3) is 2.12. The number of phenols is 1. The van der Waals surface area contributed by atoms with Gasteiger partial charge in [0, 0.05) is 11.1 Å². The molecule has 0 aromatic heterocycles. The molecule has 0 heterocycles. The molecule has 0 bridgehead atoms. The van der Waals surface area contributed by atoms with E-state index >= 15 is 0 Å². The van der Waals surface area contributed by atoms with Crippen molar-refractivity contribution in [2.45, 2.75) is 19.3 Å². The summed E-state index contributed by atoms with van der Waals surface area (Å²) in [7, 11) is 0. The lowest BCUT2D eigenvalue weighted by Crippen LogP contribution is -2.19. The normalized spacial score (nSPS) is 11.4. The van der Waals surface area contributed by atoms with Gasteiger partial charge in [-0.1, -0.05) is 32.0 Å². The second kappa shape index (κ2) is 4.26. The molecule has 0 aliphatic carbocycles. The van der Waals surface area contributed by atoms with Gasteiger partial charge in [0.05, 0.1) is 5.69 Å². The van der Waals surface area contributed by atoms with E-state index in [1.807, 2.05) is 30.3 Å². The number of aromatic hydroxyl groups is 1. The average molecular weight is 242 g/mol. The lowest BCUT2D eigenvalue weighted by molar-refractivity contribution is 0.477. The van der Waals surface area contributed by atoms with E-state index in [-0.39, 0.29) is 11.2 Å². The van der Waals surface area contributed by atoms with Crippen LogP contribution in [0.5, 0.6) is 5.75 Å². The molecule has 0 aliphatic heterocycles. The fourth-order valence-electron chi connectivity index (χ4n) is 2.04. The Bertz CT molecular complexity index is 576. The number of hydrogen-bond acceptors (Lipinski definition) is 3. The van der Waals surface area contributed by atoms with Gasteiger partial charge in [-0.3, -0.25) is 0 Å². The highest BCUT2D eigenvalue weighted by Crippen LogP contribution is 2.35. The van der Waals surface area contributed by atoms with Gasteiger partial charge in [-0.15, -0.1) is 0 Å². The Balaban J connectivity index is 2.50. The highest BCUT2D eigenvalue weighted by Gasteiger charge is 2.23. The quantitative estimate of drug-likeness (QED) is 0.560. The van der Waals surface area contributed by atoms with Crippen LogP contribution in [0.4, 0.5) is 11.4 Å². The van der Waals surface area contributed by atoms with E-state index in [2.05, 4.69) is 13.8 Å². The standard InChI is InChI=1S/C15H18N2O/c1-15(2,10-4-3-5-12(16)8-10)11-6-7-14(18)13(17)9-11/h3-9,18H,16-17H2,1-2H3. The van der Waals surface area contributed by atoms with Gasteiger partial charge in [0.15, 0.2) is 0 Å². The zero-order valence-corrected chi connectivity index (χ0v) is 10.6. The molecule has 18 heavy (non-hydrogen) atoms. The van der Waals surface area contributed by atoms with Crippen molar-refractivity contribution in [3.63, 3.8) is 0 Å². The summed E-state index contributed by atoms with van der Waals surface area (Å²) in [4.78, 5) is 0. The molecule has 3 heteroatoms. The molecular formula is C15H18N2O. The first kappa shape index (κ1) is 12.3. The van der Waals surface area contributed by atoms with Crippen molar-refractivity contribution < 1.29 is 5.11 Å². The van der Waals surface area contributed by atoms with Gasteiger partial charge in [-0.25, -0.2) is 0 Å². The summed E-state index contributed by atoms with van der Waals surface area (Å²) in [5.41, 5.74) is 14.7. The average Bonchev–Trinajstić information content (AvgIpc) is 2.32. The van der Waals surface area contributed by atoms with E-state index < -0.39 is 0 Å². The number of anilines is 2. The Morgan fingerprint density at radius 3 is 2.22 bits per heavy atom. The van der Waals surface area contributed by atoms with Gasteiger partial charge in [0.25, 0.3) is 0 Å². The molecule has 0 saturated heterocycles. The highest BCUT2D eigenvalue weighted by molar-refractivity contribution is 5.56. The molecule has 0 radical (unpaired) electrons. The second-order valence-electron chi connectivity index (χ2n) is 5.02. The smallest absolute Gasteiger partial charge is 0.138 e. The van der Waals surface area contributed by atoms with Gasteiger partial charge >= 0.3 is 0 Å². The van der Waals surface area contributed by atoms with E-state index in [1.165, 1.54) is 0 Å². The predicted molar refractivity (Wildman–Crippen MR) is 75.5 cm³/mol. The molecular weight excluding hydrogens is 224 g/mol. The number of benzene rings is 2. The van der Waals surface area contributed by atoms with Gasteiger partial charge in [0.2, 0.25) is 0 Å². The van der Waals surface area contributed by atoms with Gasteiger partial charge < -0.3 is 16.6 Å². The van der Waals surface area contributed by atoms with E-state index in [1.54, 1.807) is 12.1 Å². The molecule has 2 rings (SSSR count). The summed E-state index contributed by atoms with van der Waals surface area (Å²) in [5.74, 6) is 0.113. The van der Waals surface area contributed by atoms with Crippen LogP contribution in [0.25, 0.3) is 0 Å². The molecule has 94 valence electrons. The van der Waals surface area contributed by atoms with Crippen molar-refractivity contribution >= 4 is 11.4 Å². The van der Waals surface area contributed by atoms with Crippen LogP contribution in [-0.2, 0) is 5.41 Å². The van der Waals surface area contributed by atoms with E-state index in [0.717, 1.165) is 16.8 Å². The maximum absolute atomic E-state index is 9.48. The summed E-state index contributed by atoms with van der Waals surface area (Å²) in [5, 5.41) is 9.48. The number of nitrogen functional groups attached to an aromatic ring is 2. The van der Waals surface area contributed by atoms with Gasteiger partial charge in [-0.2, -0.15) is 0 Å². The molecule has 0 unspecified atom stereocenters. The first-order valence-corrected chi connectivity index (χ1v) is 5.86. The minimum atomic E-state index is -0.211. The summed E-state index contributed by atoms with van der Waals surface area (Å²) in [6, 6.07) is 13.1. The van der Waals surface area contributed by atoms with Gasteiger partial charge in [-0.05, 0) is 35.4 Å². The van der Waals surface area contributed by atoms with Crippen molar-refractivity contribution in [2.75, 3.05) is 11.5 Å². The first-order chi connectivity index (χ1) is 8.41. The van der Waals surface area contributed by atoms with Crippen LogP contribution in [0.1, 0.15) is 25.0 Å². The summed E-state index contributed by atoms with van der Waals surface area (Å²) >= 11 is 0. The van der Waals surface area contributed by atoms with Crippen LogP contribution in [0.2, 0.25) is 0 Å². The van der Waals surface area contributed by atoms with Gasteiger partial charge in [0.1, 0.15) is 5.75 Å². The Kier molecular flexibility index (Phi) is 2.91. The lowest BCUT2D eigenvalue weighted by atomic mass is 9.78. The third-order valence-corrected chi connectivity index (χ3v) is 3.36. The molecule has 0 amide bonds. The fraction of sp³-hybridized carbons (Fsp3) is 0.200. The number of hydrogen-bond donors (Lipinski definition) is 3. The molecule has 0 fully saturated rings. The monoisotopic (exact) mass is 242 g/mol. The van der Waals surface area contributed by atoms with Crippen molar-refractivity contribution in [1.29, 1.82) is 0 Å².